The fourth-order valence-electron chi connectivity index (χ4n) is 3.10. The van der Waals surface area contributed by atoms with E-state index in [2.05, 4.69) is 10.4 Å². The van der Waals surface area contributed by atoms with Gasteiger partial charge in [-0.1, -0.05) is 12.1 Å². The van der Waals surface area contributed by atoms with E-state index in [0.717, 1.165) is 11.1 Å². The predicted molar refractivity (Wildman–Crippen MR) is 106 cm³/mol. The zero-order valence-electron chi connectivity index (χ0n) is 15.0. The standard InChI is InChI=1S/C21H17N3O5/c25-13-6-5-12(18(27)9-13)11-22-24-20(16-8-7-14(26)10-19(16)28)23-17-4-2-1-3-15(17)21(24)29/h1-11,20,23,25-28H/b22-11+. The van der Waals surface area contributed by atoms with Crippen molar-refractivity contribution in [3.63, 3.8) is 0 Å². The molecule has 3 aromatic rings. The Balaban J connectivity index is 1.78. The van der Waals surface area contributed by atoms with Crippen molar-refractivity contribution >= 4 is 17.8 Å². The molecule has 1 aliphatic rings. The molecule has 0 bridgehead atoms. The van der Waals surface area contributed by atoms with Gasteiger partial charge in [0.1, 0.15) is 23.0 Å². The molecule has 0 aromatic heterocycles. The number of phenolic OH excluding ortho intramolecular Hbond substituents is 4. The fraction of sp³-hybridized carbons (Fsp3) is 0.0476. The van der Waals surface area contributed by atoms with Gasteiger partial charge in [0.05, 0.1) is 11.8 Å². The molecule has 8 nitrogen and oxygen atoms in total. The first-order valence-corrected chi connectivity index (χ1v) is 8.71. The van der Waals surface area contributed by atoms with Crippen LogP contribution < -0.4 is 5.32 Å². The minimum absolute atomic E-state index is 0.101. The monoisotopic (exact) mass is 391 g/mol. The normalized spacial score (nSPS) is 15.9. The minimum atomic E-state index is -0.853. The summed E-state index contributed by atoms with van der Waals surface area (Å²) in [5.74, 6) is -1.03. The number of nitrogens with zero attached hydrogens (tertiary/aromatic N) is 2. The van der Waals surface area contributed by atoms with Crippen LogP contribution in [0.4, 0.5) is 5.69 Å². The summed E-state index contributed by atoms with van der Waals surface area (Å²) in [7, 11) is 0. The van der Waals surface area contributed by atoms with Crippen LogP contribution in [-0.4, -0.2) is 37.6 Å². The lowest BCUT2D eigenvalue weighted by molar-refractivity contribution is 0.0689. The molecule has 1 heterocycles. The number of hydrogen-bond acceptors (Lipinski definition) is 7. The summed E-state index contributed by atoms with van der Waals surface area (Å²) in [6.45, 7) is 0. The third-order valence-electron chi connectivity index (χ3n) is 4.55. The maximum Gasteiger partial charge on any atom is 0.278 e. The summed E-state index contributed by atoms with van der Waals surface area (Å²) in [5.41, 5.74) is 1.60. The third kappa shape index (κ3) is 3.39. The number of hydrazone groups is 1. The highest BCUT2D eigenvalue weighted by Gasteiger charge is 2.34. The summed E-state index contributed by atoms with van der Waals surface area (Å²) in [6, 6.07) is 15.0. The number of phenols is 4. The molecular weight excluding hydrogens is 374 g/mol. The number of carbonyl (C=O) groups is 1. The highest BCUT2D eigenvalue weighted by atomic mass is 16.3. The Morgan fingerprint density at radius 2 is 1.59 bits per heavy atom. The van der Waals surface area contributed by atoms with Crippen LogP contribution in [0, 0.1) is 0 Å². The van der Waals surface area contributed by atoms with Crippen molar-refractivity contribution in [3.05, 3.63) is 77.4 Å². The Bertz CT molecular complexity index is 1130. The largest absolute Gasteiger partial charge is 0.508 e. The fourth-order valence-corrected chi connectivity index (χ4v) is 3.10. The molecule has 29 heavy (non-hydrogen) atoms. The van der Waals surface area contributed by atoms with Crippen molar-refractivity contribution in [1.82, 2.24) is 5.01 Å². The van der Waals surface area contributed by atoms with Gasteiger partial charge in [-0.15, -0.1) is 0 Å². The predicted octanol–water partition coefficient (Wildman–Crippen LogP) is 3.11. The summed E-state index contributed by atoms with van der Waals surface area (Å²) < 4.78 is 0. The van der Waals surface area contributed by atoms with E-state index in [-0.39, 0.29) is 23.0 Å². The van der Waals surface area contributed by atoms with Crippen molar-refractivity contribution in [2.75, 3.05) is 5.32 Å². The first-order chi connectivity index (χ1) is 13.9. The number of fused-ring (bicyclic) bond motifs is 1. The molecule has 1 amide bonds. The average Bonchev–Trinajstić information content (AvgIpc) is 2.68. The molecule has 0 radical (unpaired) electrons. The van der Waals surface area contributed by atoms with Crippen molar-refractivity contribution < 1.29 is 25.2 Å². The second-order valence-corrected chi connectivity index (χ2v) is 6.47. The van der Waals surface area contributed by atoms with Crippen LogP contribution in [0.1, 0.15) is 27.7 Å². The van der Waals surface area contributed by atoms with E-state index in [1.54, 1.807) is 24.3 Å². The summed E-state index contributed by atoms with van der Waals surface area (Å²) >= 11 is 0. The Hall–Kier alpha value is -4.20. The molecule has 1 atom stereocenters. The van der Waals surface area contributed by atoms with Gasteiger partial charge in [0.2, 0.25) is 0 Å². The molecule has 5 N–H and O–H groups in total. The van der Waals surface area contributed by atoms with Crippen molar-refractivity contribution in [2.24, 2.45) is 5.10 Å². The Labute approximate surface area is 165 Å². The molecule has 4 rings (SSSR count). The van der Waals surface area contributed by atoms with Gasteiger partial charge in [0.25, 0.3) is 5.91 Å². The van der Waals surface area contributed by atoms with Gasteiger partial charge in [-0.05, 0) is 36.4 Å². The van der Waals surface area contributed by atoms with Gasteiger partial charge in [-0.2, -0.15) is 5.10 Å². The number of anilines is 1. The van der Waals surface area contributed by atoms with Gasteiger partial charge >= 0.3 is 0 Å². The van der Waals surface area contributed by atoms with Crippen LogP contribution in [0.15, 0.2) is 65.8 Å². The topological polar surface area (TPSA) is 126 Å². The number of amides is 1. The zero-order valence-corrected chi connectivity index (χ0v) is 15.0. The van der Waals surface area contributed by atoms with E-state index >= 15 is 0 Å². The van der Waals surface area contributed by atoms with Crippen LogP contribution in [0.3, 0.4) is 0 Å². The summed E-state index contributed by atoms with van der Waals surface area (Å²) in [6.07, 6.45) is 0.431. The first-order valence-electron chi connectivity index (χ1n) is 8.71. The molecule has 0 fully saturated rings. The highest BCUT2D eigenvalue weighted by molar-refractivity contribution is 6.02. The van der Waals surface area contributed by atoms with Gasteiger partial charge in [0, 0.05) is 28.9 Å². The van der Waals surface area contributed by atoms with Crippen LogP contribution in [0.5, 0.6) is 23.0 Å². The lowest BCUT2D eigenvalue weighted by Gasteiger charge is -2.34. The van der Waals surface area contributed by atoms with Gasteiger partial charge in [0.15, 0.2) is 6.17 Å². The highest BCUT2D eigenvalue weighted by Crippen LogP contribution is 2.37. The molecule has 0 saturated heterocycles. The Morgan fingerprint density at radius 3 is 2.31 bits per heavy atom. The number of benzene rings is 3. The Morgan fingerprint density at radius 1 is 0.897 bits per heavy atom. The lowest BCUT2D eigenvalue weighted by atomic mass is 10.0. The second kappa shape index (κ2) is 7.08. The van der Waals surface area contributed by atoms with Crippen LogP contribution in [0.2, 0.25) is 0 Å². The van der Waals surface area contributed by atoms with E-state index in [1.165, 1.54) is 36.5 Å². The number of carbonyl (C=O) groups excluding carboxylic acids is 1. The number of para-hydroxylation sites is 1. The van der Waals surface area contributed by atoms with Crippen LogP contribution in [0.25, 0.3) is 0 Å². The Kier molecular flexibility index (Phi) is 4.44. The molecular formula is C21H17N3O5. The number of nitrogens with one attached hydrogen (secondary N) is 1. The average molecular weight is 391 g/mol. The second-order valence-electron chi connectivity index (χ2n) is 6.47. The van der Waals surface area contributed by atoms with Crippen molar-refractivity contribution in [3.8, 4) is 23.0 Å². The third-order valence-corrected chi connectivity index (χ3v) is 4.55. The molecule has 0 spiro atoms. The molecule has 8 heteroatoms. The van der Waals surface area contributed by atoms with Gasteiger partial charge in [-0.25, -0.2) is 5.01 Å². The van der Waals surface area contributed by atoms with Crippen molar-refractivity contribution in [2.45, 2.75) is 6.17 Å². The summed E-state index contributed by atoms with van der Waals surface area (Å²) in [5, 5.41) is 47.8. The molecule has 3 aromatic carbocycles. The van der Waals surface area contributed by atoms with Crippen molar-refractivity contribution in [1.29, 1.82) is 0 Å². The van der Waals surface area contributed by atoms with E-state index in [0.29, 0.717) is 22.4 Å². The zero-order chi connectivity index (χ0) is 20.5. The minimum Gasteiger partial charge on any atom is -0.508 e. The first kappa shape index (κ1) is 18.2. The maximum atomic E-state index is 13.1. The van der Waals surface area contributed by atoms with E-state index < -0.39 is 12.1 Å². The summed E-state index contributed by atoms with van der Waals surface area (Å²) in [4.78, 5) is 13.1. The molecule has 146 valence electrons. The molecule has 1 unspecified atom stereocenters. The van der Waals surface area contributed by atoms with Crippen LogP contribution >= 0.6 is 0 Å². The molecule has 0 saturated carbocycles. The quantitative estimate of drug-likeness (QED) is 0.437. The molecule has 1 aliphatic heterocycles. The van der Waals surface area contributed by atoms with E-state index in [1.807, 2.05) is 0 Å². The van der Waals surface area contributed by atoms with E-state index in [4.69, 9.17) is 0 Å². The molecule has 0 aliphatic carbocycles. The SMILES string of the molecule is O=C1c2ccccc2NC(c2ccc(O)cc2O)N1/N=C/c1ccc(O)cc1O. The van der Waals surface area contributed by atoms with Crippen LogP contribution in [-0.2, 0) is 0 Å². The maximum absolute atomic E-state index is 13.1. The van der Waals surface area contributed by atoms with Gasteiger partial charge < -0.3 is 25.7 Å². The smallest absolute Gasteiger partial charge is 0.278 e. The number of aromatic hydroxyl groups is 4. The number of rotatable bonds is 3. The van der Waals surface area contributed by atoms with Gasteiger partial charge in [-0.3, -0.25) is 4.79 Å². The van der Waals surface area contributed by atoms with E-state index in [9.17, 15) is 25.2 Å². The number of hydrogen-bond donors (Lipinski definition) is 5. The lowest BCUT2D eigenvalue weighted by Crippen LogP contribution is -2.39.